The average molecular weight is 429 g/mol. The lowest BCUT2D eigenvalue weighted by molar-refractivity contribution is -0.116. The molecule has 0 saturated carbocycles. The fourth-order valence-electron chi connectivity index (χ4n) is 2.01. The minimum atomic E-state index is -3.71. The Morgan fingerprint density at radius 1 is 1.17 bits per heavy atom. The van der Waals surface area contributed by atoms with Gasteiger partial charge in [0, 0.05) is 16.4 Å². The number of thioether (sulfide) groups is 1. The first-order chi connectivity index (χ1) is 11.3. The molecule has 0 unspecified atom stereocenters. The average Bonchev–Trinajstić information content (AvgIpc) is 2.55. The van der Waals surface area contributed by atoms with E-state index in [1.54, 1.807) is 18.2 Å². The summed E-state index contributed by atoms with van der Waals surface area (Å²) in [5, 5.41) is 2.75. The summed E-state index contributed by atoms with van der Waals surface area (Å²) < 4.78 is 26.8. The lowest BCUT2D eigenvalue weighted by atomic mass is 10.3. The summed E-state index contributed by atoms with van der Waals surface area (Å²) in [4.78, 5) is 13.3. The van der Waals surface area contributed by atoms with Gasteiger partial charge in [0.15, 0.2) is 0 Å². The zero-order valence-corrected chi connectivity index (χ0v) is 16.4. The van der Waals surface area contributed by atoms with Crippen LogP contribution >= 0.6 is 27.7 Å². The summed E-state index contributed by atoms with van der Waals surface area (Å²) in [6, 6.07) is 13.7. The fraction of sp³-hybridized carbons (Fsp3) is 0.188. The smallest absolute Gasteiger partial charge is 0.243 e. The van der Waals surface area contributed by atoms with Crippen molar-refractivity contribution in [1.29, 1.82) is 0 Å². The van der Waals surface area contributed by atoms with Crippen molar-refractivity contribution in [2.45, 2.75) is 9.79 Å². The molecule has 8 heteroatoms. The molecule has 0 aliphatic heterocycles. The van der Waals surface area contributed by atoms with Gasteiger partial charge in [0.05, 0.1) is 17.1 Å². The molecule has 2 aromatic rings. The molecule has 0 aliphatic rings. The second kappa shape index (κ2) is 8.15. The maximum Gasteiger partial charge on any atom is 0.243 e. The molecule has 0 aromatic heterocycles. The molecule has 1 N–H and O–H groups in total. The maximum absolute atomic E-state index is 12.5. The van der Waals surface area contributed by atoms with Crippen LogP contribution in [0, 0.1) is 0 Å². The Morgan fingerprint density at radius 2 is 1.79 bits per heavy atom. The van der Waals surface area contributed by atoms with Gasteiger partial charge in [0.25, 0.3) is 0 Å². The third kappa shape index (κ3) is 4.60. The van der Waals surface area contributed by atoms with E-state index in [2.05, 4.69) is 21.2 Å². The quantitative estimate of drug-likeness (QED) is 0.715. The minimum absolute atomic E-state index is 0.144. The van der Waals surface area contributed by atoms with Gasteiger partial charge in [0.1, 0.15) is 0 Å². The molecule has 0 spiro atoms. The number of halogens is 1. The summed E-state index contributed by atoms with van der Waals surface area (Å²) >= 11 is 4.77. The third-order valence-electron chi connectivity index (χ3n) is 3.27. The van der Waals surface area contributed by atoms with E-state index in [4.69, 9.17) is 0 Å². The molecule has 0 atom stereocenters. The van der Waals surface area contributed by atoms with E-state index in [1.165, 1.54) is 30.9 Å². The SMILES string of the molecule is CSc1ccccc1NC(=O)CN(C)S(=O)(=O)c1ccc(Br)cc1. The van der Waals surface area contributed by atoms with Crippen LogP contribution in [0.25, 0.3) is 0 Å². The van der Waals surface area contributed by atoms with Crippen LogP contribution in [0.15, 0.2) is 62.8 Å². The van der Waals surface area contributed by atoms with Crippen molar-refractivity contribution in [1.82, 2.24) is 4.31 Å². The molecule has 0 saturated heterocycles. The molecular formula is C16H17BrN2O3S2. The Bertz CT molecular complexity index is 823. The molecule has 24 heavy (non-hydrogen) atoms. The van der Waals surface area contributed by atoms with Crippen LogP contribution in [0.2, 0.25) is 0 Å². The highest BCUT2D eigenvalue weighted by molar-refractivity contribution is 9.10. The first-order valence-corrected chi connectivity index (χ1v) is 10.4. The van der Waals surface area contributed by atoms with E-state index in [0.29, 0.717) is 5.69 Å². The maximum atomic E-state index is 12.5. The lowest BCUT2D eigenvalue weighted by Gasteiger charge is -2.17. The number of hydrogen-bond donors (Lipinski definition) is 1. The van der Waals surface area contributed by atoms with Crippen LogP contribution < -0.4 is 5.32 Å². The van der Waals surface area contributed by atoms with Gasteiger partial charge in [-0.15, -0.1) is 11.8 Å². The normalized spacial score (nSPS) is 11.5. The van der Waals surface area contributed by atoms with Crippen LogP contribution in [-0.4, -0.2) is 38.5 Å². The number of nitrogens with zero attached hydrogens (tertiary/aromatic N) is 1. The summed E-state index contributed by atoms with van der Waals surface area (Å²) in [6.45, 7) is -0.263. The van der Waals surface area contributed by atoms with Crippen molar-refractivity contribution >= 4 is 49.3 Å². The monoisotopic (exact) mass is 428 g/mol. The summed E-state index contributed by atoms with van der Waals surface area (Å²) in [5.41, 5.74) is 0.671. The molecule has 0 aliphatic carbocycles. The van der Waals surface area contributed by atoms with Gasteiger partial charge in [-0.2, -0.15) is 4.31 Å². The lowest BCUT2D eigenvalue weighted by Crippen LogP contribution is -2.35. The van der Waals surface area contributed by atoms with Crippen molar-refractivity contribution in [3.63, 3.8) is 0 Å². The van der Waals surface area contributed by atoms with Gasteiger partial charge in [-0.1, -0.05) is 28.1 Å². The van der Waals surface area contributed by atoms with Crippen LogP contribution in [-0.2, 0) is 14.8 Å². The summed E-state index contributed by atoms with van der Waals surface area (Å²) in [7, 11) is -2.33. The van der Waals surface area contributed by atoms with E-state index in [9.17, 15) is 13.2 Å². The van der Waals surface area contributed by atoms with Crippen LogP contribution in [0.5, 0.6) is 0 Å². The molecule has 128 valence electrons. The molecule has 1 amide bonds. The van der Waals surface area contributed by atoms with Crippen molar-refractivity contribution in [2.75, 3.05) is 25.2 Å². The highest BCUT2D eigenvalue weighted by Gasteiger charge is 2.23. The third-order valence-corrected chi connectivity index (χ3v) is 6.41. The molecule has 0 fully saturated rings. The van der Waals surface area contributed by atoms with Crippen molar-refractivity contribution in [2.24, 2.45) is 0 Å². The standard InChI is InChI=1S/C16H17BrN2O3S2/c1-19(24(21,22)13-9-7-12(17)8-10-13)11-16(20)18-14-5-3-4-6-15(14)23-2/h3-10H,11H2,1-2H3,(H,18,20). The Morgan fingerprint density at radius 3 is 2.42 bits per heavy atom. The Kier molecular flexibility index (Phi) is 6.45. The van der Waals surface area contributed by atoms with Crippen molar-refractivity contribution in [3.8, 4) is 0 Å². The van der Waals surface area contributed by atoms with Crippen molar-refractivity contribution in [3.05, 3.63) is 53.0 Å². The Labute approximate surface area is 154 Å². The van der Waals surface area contributed by atoms with Gasteiger partial charge in [-0.3, -0.25) is 4.79 Å². The number of amides is 1. The number of nitrogens with one attached hydrogen (secondary N) is 1. The van der Waals surface area contributed by atoms with Crippen LogP contribution in [0.1, 0.15) is 0 Å². The number of carbonyl (C=O) groups excluding carboxylic acids is 1. The van der Waals surface area contributed by atoms with E-state index < -0.39 is 10.0 Å². The predicted octanol–water partition coefficient (Wildman–Crippen LogP) is 3.43. The van der Waals surface area contributed by atoms with Crippen LogP contribution in [0.4, 0.5) is 5.69 Å². The van der Waals surface area contributed by atoms with Gasteiger partial charge in [0.2, 0.25) is 15.9 Å². The van der Waals surface area contributed by atoms with Crippen LogP contribution in [0.3, 0.4) is 0 Å². The number of sulfonamides is 1. The van der Waals surface area contributed by atoms with E-state index >= 15 is 0 Å². The predicted molar refractivity (Wildman–Crippen MR) is 101 cm³/mol. The second-order valence-electron chi connectivity index (χ2n) is 4.96. The zero-order chi connectivity index (χ0) is 17.7. The Balaban J connectivity index is 2.09. The fourth-order valence-corrected chi connectivity index (χ4v) is 3.96. The van der Waals surface area contributed by atoms with Gasteiger partial charge < -0.3 is 5.32 Å². The van der Waals surface area contributed by atoms with Gasteiger partial charge >= 0.3 is 0 Å². The molecular weight excluding hydrogens is 412 g/mol. The zero-order valence-electron chi connectivity index (χ0n) is 13.2. The van der Waals surface area contributed by atoms with Gasteiger partial charge in [-0.25, -0.2) is 8.42 Å². The molecule has 5 nitrogen and oxygen atoms in total. The molecule has 0 heterocycles. The second-order valence-corrected chi connectivity index (χ2v) is 8.77. The topological polar surface area (TPSA) is 66.5 Å². The number of rotatable bonds is 6. The number of likely N-dealkylation sites (N-methyl/N-ethyl adjacent to an activating group) is 1. The summed E-state index contributed by atoms with van der Waals surface area (Å²) in [6.07, 6.45) is 1.91. The first-order valence-electron chi connectivity index (χ1n) is 6.99. The number of benzene rings is 2. The Hall–Kier alpha value is -1.35. The molecule has 2 aromatic carbocycles. The first kappa shape index (κ1) is 19.0. The largest absolute Gasteiger partial charge is 0.324 e. The number of hydrogen-bond acceptors (Lipinski definition) is 4. The van der Waals surface area contributed by atoms with Crippen molar-refractivity contribution < 1.29 is 13.2 Å². The van der Waals surface area contributed by atoms with E-state index in [-0.39, 0.29) is 17.3 Å². The summed E-state index contributed by atoms with van der Waals surface area (Å²) in [5.74, 6) is -0.389. The minimum Gasteiger partial charge on any atom is -0.324 e. The number of carbonyl (C=O) groups is 1. The highest BCUT2D eigenvalue weighted by Crippen LogP contribution is 2.24. The molecule has 0 radical (unpaired) electrons. The van der Waals surface area contributed by atoms with E-state index in [0.717, 1.165) is 13.7 Å². The molecule has 2 rings (SSSR count). The number of para-hydroxylation sites is 1. The number of anilines is 1. The van der Waals surface area contributed by atoms with E-state index in [1.807, 2.05) is 24.5 Å². The van der Waals surface area contributed by atoms with Gasteiger partial charge in [-0.05, 0) is 42.7 Å². The molecule has 0 bridgehead atoms. The highest BCUT2D eigenvalue weighted by atomic mass is 79.9.